The summed E-state index contributed by atoms with van der Waals surface area (Å²) < 4.78 is 51.5. The predicted molar refractivity (Wildman–Crippen MR) is 117 cm³/mol. The van der Waals surface area contributed by atoms with Crippen LogP contribution in [0.3, 0.4) is 0 Å². The summed E-state index contributed by atoms with van der Waals surface area (Å²) in [6.45, 7) is 1.85. The molecule has 2 aromatic carbocycles. The van der Waals surface area contributed by atoms with Gasteiger partial charge in [-0.15, -0.1) is 0 Å². The van der Waals surface area contributed by atoms with E-state index in [1.54, 1.807) is 24.3 Å². The number of aryl methyl sites for hydroxylation is 1. The average Bonchev–Trinajstić information content (AvgIpc) is 2.82. The maximum absolute atomic E-state index is 13.6. The standard InChI is InChI=1S/C22H26FN3O6S/c1-15-11-18(7-8-19(15)23)33(29,30)26-9-4-10-32-20(26)14-25-22(28)21(27)24-13-16-5-3-6-17(12-16)31-2/h3,5-8,11-12,20H,4,9-10,13-14H2,1-2H3,(H,24,27)(H,25,28)/t20-/m0/s1. The Balaban J connectivity index is 1.60. The number of sulfonamides is 1. The van der Waals surface area contributed by atoms with Crippen molar-refractivity contribution >= 4 is 21.8 Å². The van der Waals surface area contributed by atoms with Gasteiger partial charge in [0.1, 0.15) is 17.8 Å². The number of hydrogen-bond donors (Lipinski definition) is 2. The molecular formula is C22H26FN3O6S. The van der Waals surface area contributed by atoms with Gasteiger partial charge in [0.25, 0.3) is 0 Å². The number of nitrogens with one attached hydrogen (secondary N) is 2. The third kappa shape index (κ3) is 6.06. The molecule has 1 fully saturated rings. The molecule has 0 unspecified atom stereocenters. The number of nitrogens with zero attached hydrogens (tertiary/aromatic N) is 1. The maximum atomic E-state index is 13.6. The third-order valence-corrected chi connectivity index (χ3v) is 7.01. The fraction of sp³-hybridized carbons (Fsp3) is 0.364. The predicted octanol–water partition coefficient (Wildman–Crippen LogP) is 1.31. The second-order valence-corrected chi connectivity index (χ2v) is 9.34. The van der Waals surface area contributed by atoms with Crippen molar-refractivity contribution < 1.29 is 31.9 Å². The third-order valence-electron chi connectivity index (χ3n) is 5.12. The highest BCUT2D eigenvalue weighted by atomic mass is 32.2. The van der Waals surface area contributed by atoms with Crippen LogP contribution in [0.5, 0.6) is 5.75 Å². The molecule has 0 bridgehead atoms. The fourth-order valence-electron chi connectivity index (χ4n) is 3.32. The number of methoxy groups -OCH3 is 1. The Bertz CT molecular complexity index is 1120. The SMILES string of the molecule is COc1cccc(CNC(=O)C(=O)NC[C@@H]2OCCCN2S(=O)(=O)c2ccc(F)c(C)c2)c1. The van der Waals surface area contributed by atoms with Crippen LogP contribution >= 0.6 is 0 Å². The van der Waals surface area contributed by atoms with Gasteiger partial charge < -0.3 is 20.1 Å². The number of amides is 2. The molecule has 1 heterocycles. The molecule has 0 spiro atoms. The van der Waals surface area contributed by atoms with E-state index in [9.17, 15) is 22.4 Å². The van der Waals surface area contributed by atoms with Crippen molar-refractivity contribution in [2.24, 2.45) is 0 Å². The van der Waals surface area contributed by atoms with E-state index in [4.69, 9.17) is 9.47 Å². The number of carbonyl (C=O) groups excluding carboxylic acids is 2. The van der Waals surface area contributed by atoms with Crippen molar-refractivity contribution in [3.63, 3.8) is 0 Å². The Kier molecular flexibility index (Phi) is 8.01. The summed E-state index contributed by atoms with van der Waals surface area (Å²) in [5.41, 5.74) is 0.949. The molecule has 0 saturated carbocycles. The van der Waals surface area contributed by atoms with Gasteiger partial charge in [-0.1, -0.05) is 12.1 Å². The number of benzene rings is 2. The van der Waals surface area contributed by atoms with E-state index in [0.717, 1.165) is 15.9 Å². The van der Waals surface area contributed by atoms with E-state index in [0.29, 0.717) is 18.8 Å². The second-order valence-electron chi connectivity index (χ2n) is 7.45. The van der Waals surface area contributed by atoms with Crippen LogP contribution in [0.2, 0.25) is 0 Å². The fourth-order valence-corrected chi connectivity index (χ4v) is 4.97. The Morgan fingerprint density at radius 1 is 1.18 bits per heavy atom. The Labute approximate surface area is 191 Å². The van der Waals surface area contributed by atoms with Crippen LogP contribution in [-0.4, -0.2) is 57.6 Å². The number of rotatable bonds is 7. The Morgan fingerprint density at radius 2 is 1.94 bits per heavy atom. The van der Waals surface area contributed by atoms with Crippen LogP contribution in [-0.2, 0) is 30.9 Å². The average molecular weight is 480 g/mol. The molecule has 2 N–H and O–H groups in total. The summed E-state index contributed by atoms with van der Waals surface area (Å²) in [6.07, 6.45) is -0.533. The number of ether oxygens (including phenoxy) is 2. The minimum absolute atomic E-state index is 0.0701. The Morgan fingerprint density at radius 3 is 2.67 bits per heavy atom. The first-order chi connectivity index (χ1) is 15.7. The molecule has 1 aliphatic heterocycles. The summed E-state index contributed by atoms with van der Waals surface area (Å²) in [7, 11) is -2.47. The van der Waals surface area contributed by atoms with Crippen molar-refractivity contribution in [1.29, 1.82) is 0 Å². The molecule has 0 radical (unpaired) electrons. The van der Waals surface area contributed by atoms with Crippen molar-refractivity contribution in [3.05, 3.63) is 59.4 Å². The summed E-state index contributed by atoms with van der Waals surface area (Å²) in [6, 6.07) is 10.6. The van der Waals surface area contributed by atoms with Crippen LogP contribution in [0.1, 0.15) is 17.5 Å². The first-order valence-corrected chi connectivity index (χ1v) is 11.7. The van der Waals surface area contributed by atoms with Crippen LogP contribution in [0.25, 0.3) is 0 Å². The minimum Gasteiger partial charge on any atom is -0.497 e. The zero-order valence-electron chi connectivity index (χ0n) is 18.3. The molecule has 2 aromatic rings. The van der Waals surface area contributed by atoms with Gasteiger partial charge in [0.15, 0.2) is 0 Å². The maximum Gasteiger partial charge on any atom is 0.309 e. The van der Waals surface area contributed by atoms with Crippen molar-refractivity contribution in [1.82, 2.24) is 14.9 Å². The van der Waals surface area contributed by atoms with Gasteiger partial charge in [-0.3, -0.25) is 9.59 Å². The summed E-state index contributed by atoms with van der Waals surface area (Å²) in [5, 5.41) is 4.92. The zero-order valence-corrected chi connectivity index (χ0v) is 19.2. The molecule has 2 amide bonds. The minimum atomic E-state index is -3.99. The van der Waals surface area contributed by atoms with Gasteiger partial charge in [0.2, 0.25) is 10.0 Å². The molecule has 1 saturated heterocycles. The lowest BCUT2D eigenvalue weighted by Gasteiger charge is -2.34. The highest BCUT2D eigenvalue weighted by Gasteiger charge is 2.35. The van der Waals surface area contributed by atoms with Gasteiger partial charge in [-0.25, -0.2) is 12.8 Å². The first kappa shape index (κ1) is 24.6. The molecule has 178 valence electrons. The van der Waals surface area contributed by atoms with E-state index in [2.05, 4.69) is 10.6 Å². The highest BCUT2D eigenvalue weighted by molar-refractivity contribution is 7.89. The van der Waals surface area contributed by atoms with Gasteiger partial charge in [0, 0.05) is 13.1 Å². The van der Waals surface area contributed by atoms with Crippen molar-refractivity contribution in [2.75, 3.05) is 26.8 Å². The normalized spacial score (nSPS) is 16.8. The van der Waals surface area contributed by atoms with E-state index >= 15 is 0 Å². The van der Waals surface area contributed by atoms with E-state index in [-0.39, 0.29) is 30.1 Å². The van der Waals surface area contributed by atoms with Crippen LogP contribution in [0.4, 0.5) is 4.39 Å². The molecule has 1 aliphatic rings. The number of carbonyl (C=O) groups is 2. The van der Waals surface area contributed by atoms with Crippen LogP contribution in [0, 0.1) is 12.7 Å². The summed E-state index contributed by atoms with van der Waals surface area (Å²) >= 11 is 0. The van der Waals surface area contributed by atoms with Gasteiger partial charge in [-0.05, 0) is 54.8 Å². The van der Waals surface area contributed by atoms with Gasteiger partial charge >= 0.3 is 11.8 Å². The van der Waals surface area contributed by atoms with E-state index in [1.807, 2.05) is 0 Å². The molecule has 0 aliphatic carbocycles. The molecule has 11 heteroatoms. The monoisotopic (exact) mass is 479 g/mol. The molecular weight excluding hydrogens is 453 g/mol. The van der Waals surface area contributed by atoms with Crippen LogP contribution < -0.4 is 15.4 Å². The lowest BCUT2D eigenvalue weighted by molar-refractivity contribution is -0.140. The zero-order chi connectivity index (χ0) is 24.0. The summed E-state index contributed by atoms with van der Waals surface area (Å²) in [5.74, 6) is -1.66. The van der Waals surface area contributed by atoms with E-state index in [1.165, 1.54) is 26.2 Å². The quantitative estimate of drug-likeness (QED) is 0.579. The smallest absolute Gasteiger partial charge is 0.309 e. The first-order valence-electron chi connectivity index (χ1n) is 10.3. The topological polar surface area (TPSA) is 114 Å². The number of hydrogen-bond acceptors (Lipinski definition) is 6. The lowest BCUT2D eigenvalue weighted by Crippen LogP contribution is -2.53. The molecule has 9 nitrogen and oxygen atoms in total. The van der Waals surface area contributed by atoms with Crippen molar-refractivity contribution in [3.8, 4) is 5.75 Å². The highest BCUT2D eigenvalue weighted by Crippen LogP contribution is 2.23. The van der Waals surface area contributed by atoms with Crippen LogP contribution in [0.15, 0.2) is 47.4 Å². The molecule has 1 atom stereocenters. The Hall–Kier alpha value is -3.02. The number of halogens is 1. The summed E-state index contributed by atoms with van der Waals surface area (Å²) in [4.78, 5) is 24.3. The molecule has 33 heavy (non-hydrogen) atoms. The van der Waals surface area contributed by atoms with Gasteiger partial charge in [-0.2, -0.15) is 4.31 Å². The molecule has 3 rings (SSSR count). The largest absolute Gasteiger partial charge is 0.497 e. The van der Waals surface area contributed by atoms with E-state index < -0.39 is 33.9 Å². The molecule has 0 aromatic heterocycles. The van der Waals surface area contributed by atoms with Gasteiger partial charge in [0.05, 0.1) is 25.2 Å². The lowest BCUT2D eigenvalue weighted by atomic mass is 10.2. The second kappa shape index (κ2) is 10.7. The van der Waals surface area contributed by atoms with Crippen molar-refractivity contribution in [2.45, 2.75) is 31.0 Å².